The molecule has 4 nitrogen and oxygen atoms in total. The van der Waals surface area contributed by atoms with E-state index in [1.807, 2.05) is 12.1 Å². The number of nitrogens with zero attached hydrogens (tertiary/aromatic N) is 1. The van der Waals surface area contributed by atoms with E-state index in [0.29, 0.717) is 12.5 Å². The van der Waals surface area contributed by atoms with Crippen molar-refractivity contribution in [3.05, 3.63) is 29.8 Å². The van der Waals surface area contributed by atoms with Crippen molar-refractivity contribution in [2.45, 2.75) is 32.2 Å². The van der Waals surface area contributed by atoms with E-state index in [-0.39, 0.29) is 11.9 Å². The monoisotopic (exact) mass is 261 g/mol. The maximum atomic E-state index is 11.9. The first kappa shape index (κ1) is 14.0. The lowest BCUT2D eigenvalue weighted by molar-refractivity contribution is -0.117. The number of likely N-dealkylation sites (tertiary alicyclic amines) is 1. The standard InChI is InChI=1S/C15H23N3O/c1-11(2)12-3-5-14(6-4-12)17-15(19)10-18-8-7-13(16)9-18/h3-6,11,13H,7-10,16H2,1-2H3,(H,17,19)/t13-/m1/s1. The molecule has 0 radical (unpaired) electrons. The van der Waals surface area contributed by atoms with Gasteiger partial charge in [0.05, 0.1) is 6.54 Å². The van der Waals surface area contributed by atoms with Crippen LogP contribution in [0.3, 0.4) is 0 Å². The number of carbonyl (C=O) groups excluding carboxylic acids is 1. The fourth-order valence-corrected chi connectivity index (χ4v) is 2.36. The van der Waals surface area contributed by atoms with E-state index in [1.54, 1.807) is 0 Å². The molecular weight excluding hydrogens is 238 g/mol. The van der Waals surface area contributed by atoms with Gasteiger partial charge in [-0.2, -0.15) is 0 Å². The number of rotatable bonds is 4. The largest absolute Gasteiger partial charge is 0.326 e. The van der Waals surface area contributed by atoms with Crippen molar-refractivity contribution in [1.82, 2.24) is 4.90 Å². The number of amides is 1. The van der Waals surface area contributed by atoms with Gasteiger partial charge in [-0.15, -0.1) is 0 Å². The first-order chi connectivity index (χ1) is 9.04. The molecule has 1 fully saturated rings. The predicted octanol–water partition coefficient (Wildman–Crippen LogP) is 1.78. The molecule has 1 aromatic rings. The number of nitrogens with two attached hydrogens (primary N) is 1. The minimum atomic E-state index is 0.0337. The molecule has 1 amide bonds. The van der Waals surface area contributed by atoms with Gasteiger partial charge >= 0.3 is 0 Å². The van der Waals surface area contributed by atoms with Gasteiger partial charge in [-0.25, -0.2) is 0 Å². The summed E-state index contributed by atoms with van der Waals surface area (Å²) in [4.78, 5) is 14.0. The van der Waals surface area contributed by atoms with Crippen LogP contribution in [0.5, 0.6) is 0 Å². The van der Waals surface area contributed by atoms with Crippen molar-refractivity contribution < 1.29 is 4.79 Å². The minimum absolute atomic E-state index is 0.0337. The highest BCUT2D eigenvalue weighted by atomic mass is 16.2. The Bertz CT molecular complexity index is 428. The summed E-state index contributed by atoms with van der Waals surface area (Å²) in [5.41, 5.74) is 7.97. The van der Waals surface area contributed by atoms with Crippen LogP contribution >= 0.6 is 0 Å². The van der Waals surface area contributed by atoms with Gasteiger partial charge in [-0.1, -0.05) is 26.0 Å². The zero-order chi connectivity index (χ0) is 13.8. The predicted molar refractivity (Wildman–Crippen MR) is 78.2 cm³/mol. The first-order valence-electron chi connectivity index (χ1n) is 6.92. The van der Waals surface area contributed by atoms with Crippen LogP contribution in [0.4, 0.5) is 5.69 Å². The van der Waals surface area contributed by atoms with Crippen LogP contribution in [0, 0.1) is 0 Å². The van der Waals surface area contributed by atoms with Crippen LogP contribution < -0.4 is 11.1 Å². The second-order valence-electron chi connectivity index (χ2n) is 5.61. The second kappa shape index (κ2) is 6.17. The third-order valence-corrected chi connectivity index (χ3v) is 3.54. The summed E-state index contributed by atoms with van der Waals surface area (Å²) >= 11 is 0. The number of hydrogen-bond acceptors (Lipinski definition) is 3. The maximum absolute atomic E-state index is 11.9. The molecule has 1 heterocycles. The molecule has 1 aliphatic heterocycles. The third-order valence-electron chi connectivity index (χ3n) is 3.54. The number of nitrogens with one attached hydrogen (secondary N) is 1. The molecule has 4 heteroatoms. The zero-order valence-corrected chi connectivity index (χ0v) is 11.7. The van der Waals surface area contributed by atoms with Crippen LogP contribution in [0.1, 0.15) is 31.7 Å². The molecule has 1 aromatic carbocycles. The Balaban J connectivity index is 1.85. The number of benzene rings is 1. The lowest BCUT2D eigenvalue weighted by Gasteiger charge is -2.15. The van der Waals surface area contributed by atoms with Crippen molar-refractivity contribution >= 4 is 11.6 Å². The van der Waals surface area contributed by atoms with Gasteiger partial charge in [0, 0.05) is 24.8 Å². The van der Waals surface area contributed by atoms with Gasteiger partial charge in [-0.05, 0) is 30.0 Å². The van der Waals surface area contributed by atoms with Crippen molar-refractivity contribution in [2.75, 3.05) is 25.0 Å². The maximum Gasteiger partial charge on any atom is 0.238 e. The average molecular weight is 261 g/mol. The van der Waals surface area contributed by atoms with Gasteiger partial charge in [-0.3, -0.25) is 9.69 Å². The summed E-state index contributed by atoms with van der Waals surface area (Å²) in [5, 5.41) is 2.93. The molecule has 0 saturated carbocycles. The molecule has 1 saturated heterocycles. The Morgan fingerprint density at radius 1 is 1.42 bits per heavy atom. The van der Waals surface area contributed by atoms with E-state index in [1.165, 1.54) is 5.56 Å². The fourth-order valence-electron chi connectivity index (χ4n) is 2.36. The first-order valence-corrected chi connectivity index (χ1v) is 6.92. The number of hydrogen-bond donors (Lipinski definition) is 2. The lowest BCUT2D eigenvalue weighted by atomic mass is 10.0. The molecule has 1 aliphatic rings. The van der Waals surface area contributed by atoms with Gasteiger partial charge in [0.1, 0.15) is 0 Å². The smallest absolute Gasteiger partial charge is 0.238 e. The van der Waals surface area contributed by atoms with E-state index in [9.17, 15) is 4.79 Å². The van der Waals surface area contributed by atoms with Crippen molar-refractivity contribution in [3.63, 3.8) is 0 Å². The highest BCUT2D eigenvalue weighted by molar-refractivity contribution is 5.92. The quantitative estimate of drug-likeness (QED) is 0.868. The highest BCUT2D eigenvalue weighted by Gasteiger charge is 2.20. The highest BCUT2D eigenvalue weighted by Crippen LogP contribution is 2.17. The Hall–Kier alpha value is -1.39. The molecule has 0 aromatic heterocycles. The molecular formula is C15H23N3O. The molecule has 19 heavy (non-hydrogen) atoms. The molecule has 104 valence electrons. The van der Waals surface area contributed by atoms with Gasteiger partial charge in [0.15, 0.2) is 0 Å². The number of anilines is 1. The second-order valence-corrected chi connectivity index (χ2v) is 5.61. The van der Waals surface area contributed by atoms with Gasteiger partial charge in [0.25, 0.3) is 0 Å². The summed E-state index contributed by atoms with van der Waals surface area (Å²) in [6, 6.07) is 8.27. The van der Waals surface area contributed by atoms with Gasteiger partial charge in [0.2, 0.25) is 5.91 Å². The van der Waals surface area contributed by atoms with Crippen LogP contribution in [0.2, 0.25) is 0 Å². The zero-order valence-electron chi connectivity index (χ0n) is 11.7. The Morgan fingerprint density at radius 2 is 2.11 bits per heavy atom. The van der Waals surface area contributed by atoms with Crippen molar-refractivity contribution in [1.29, 1.82) is 0 Å². The van der Waals surface area contributed by atoms with E-state index in [0.717, 1.165) is 25.2 Å². The summed E-state index contributed by atoms with van der Waals surface area (Å²) in [6.07, 6.45) is 0.983. The van der Waals surface area contributed by atoms with Crippen molar-refractivity contribution in [3.8, 4) is 0 Å². The molecule has 0 unspecified atom stereocenters. The topological polar surface area (TPSA) is 58.4 Å². The van der Waals surface area contributed by atoms with E-state index < -0.39 is 0 Å². The summed E-state index contributed by atoms with van der Waals surface area (Å²) in [7, 11) is 0. The Morgan fingerprint density at radius 3 is 2.63 bits per heavy atom. The van der Waals surface area contributed by atoms with E-state index in [2.05, 4.69) is 36.2 Å². The lowest BCUT2D eigenvalue weighted by Crippen LogP contribution is -2.33. The average Bonchev–Trinajstić information content (AvgIpc) is 2.75. The van der Waals surface area contributed by atoms with Crippen LogP contribution in [-0.4, -0.2) is 36.5 Å². The van der Waals surface area contributed by atoms with Gasteiger partial charge < -0.3 is 11.1 Å². The van der Waals surface area contributed by atoms with Crippen LogP contribution in [-0.2, 0) is 4.79 Å². The molecule has 3 N–H and O–H groups in total. The number of carbonyl (C=O) groups is 1. The Kier molecular flexibility index (Phi) is 4.56. The molecule has 2 rings (SSSR count). The summed E-state index contributed by atoms with van der Waals surface area (Å²) in [6.45, 7) is 6.48. The Labute approximate surface area is 115 Å². The van der Waals surface area contributed by atoms with Crippen LogP contribution in [0.25, 0.3) is 0 Å². The van der Waals surface area contributed by atoms with E-state index in [4.69, 9.17) is 5.73 Å². The molecule has 0 bridgehead atoms. The fraction of sp³-hybridized carbons (Fsp3) is 0.533. The molecule has 1 atom stereocenters. The molecule has 0 spiro atoms. The van der Waals surface area contributed by atoms with Crippen LogP contribution in [0.15, 0.2) is 24.3 Å². The summed E-state index contributed by atoms with van der Waals surface area (Å²) < 4.78 is 0. The minimum Gasteiger partial charge on any atom is -0.326 e. The van der Waals surface area contributed by atoms with Crippen molar-refractivity contribution in [2.24, 2.45) is 5.73 Å². The molecule has 0 aliphatic carbocycles. The third kappa shape index (κ3) is 4.04. The normalized spacial score (nSPS) is 19.9. The summed E-state index contributed by atoms with van der Waals surface area (Å²) in [5.74, 6) is 0.544. The van der Waals surface area contributed by atoms with E-state index >= 15 is 0 Å². The SMILES string of the molecule is CC(C)c1ccc(NC(=O)CN2CC[C@@H](N)C2)cc1.